The molecule has 0 aliphatic rings. The number of carbonyl (C=O) groups is 6. The summed E-state index contributed by atoms with van der Waals surface area (Å²) >= 11 is 0. The lowest BCUT2D eigenvalue weighted by Gasteiger charge is -2.27. The molecule has 0 radical (unpaired) electrons. The minimum absolute atomic E-state index is 0.0290. The van der Waals surface area contributed by atoms with Crippen LogP contribution >= 0.6 is 0 Å². The van der Waals surface area contributed by atoms with Crippen molar-refractivity contribution in [1.82, 2.24) is 26.3 Å². The van der Waals surface area contributed by atoms with Crippen LogP contribution in [0.5, 0.6) is 0 Å². The third-order valence-corrected chi connectivity index (χ3v) is 8.24. The van der Waals surface area contributed by atoms with Crippen molar-refractivity contribution >= 4 is 46.7 Å². The Labute approximate surface area is 347 Å². The number of hydrogen-bond donors (Lipinski definition) is 4. The molecule has 0 saturated carbocycles. The van der Waals surface area contributed by atoms with Gasteiger partial charge < -0.3 is 40.2 Å². The predicted octanol–water partition coefficient (Wildman–Crippen LogP) is 6.20. The molecule has 1 heterocycles. The number of hydrogen-bond acceptors (Lipinski definition) is 11. The molecule has 0 spiro atoms. The molecule has 0 aliphatic heterocycles. The SMILES string of the molecule is CC(C)(C)OC(=O)CC[C@H](NC(=O)N[C@@H](CCCCNC(=O)[C@@H](Cc1ccc2ccncc2c1)NC(=O)OCc1ccccc1)C(=O)OC(C)(C)C)C(=O)OC(C)(C)C. The second kappa shape index (κ2) is 21.9. The van der Waals surface area contributed by atoms with E-state index in [2.05, 4.69) is 26.3 Å². The lowest BCUT2D eigenvalue weighted by atomic mass is 10.0. The summed E-state index contributed by atoms with van der Waals surface area (Å²) in [4.78, 5) is 82.7. The summed E-state index contributed by atoms with van der Waals surface area (Å²) < 4.78 is 21.8. The molecule has 0 bridgehead atoms. The van der Waals surface area contributed by atoms with Crippen molar-refractivity contribution in [1.29, 1.82) is 0 Å². The number of rotatable bonds is 18. The number of benzene rings is 2. The van der Waals surface area contributed by atoms with E-state index in [4.69, 9.17) is 18.9 Å². The molecule has 0 aliphatic carbocycles. The van der Waals surface area contributed by atoms with E-state index in [0.717, 1.165) is 21.9 Å². The number of ether oxygens (including phenoxy) is 4. The number of fused-ring (bicyclic) bond motifs is 1. The molecular formula is C44H61N5O10. The van der Waals surface area contributed by atoms with Gasteiger partial charge in [-0.05, 0) is 117 Å². The lowest BCUT2D eigenvalue weighted by molar-refractivity contribution is -0.159. The van der Waals surface area contributed by atoms with Crippen LogP contribution in [-0.4, -0.2) is 82.4 Å². The van der Waals surface area contributed by atoms with Crippen molar-refractivity contribution in [2.45, 2.75) is 142 Å². The highest BCUT2D eigenvalue weighted by Crippen LogP contribution is 2.18. The summed E-state index contributed by atoms with van der Waals surface area (Å²) in [7, 11) is 0. The molecule has 3 aromatic rings. The number of carbonyl (C=O) groups excluding carboxylic acids is 6. The maximum absolute atomic E-state index is 13.5. The standard InChI is InChI=1S/C44H61N5O10/c1-42(2,3)57-36(50)21-20-34(39(53)59-44(7,8)9)48-40(54)47-33(38(52)58-43(4,5)6)17-13-14-23-46-37(51)35(49-41(55)56-28-29-15-11-10-12-16-29)26-30-18-19-31-22-24-45-27-32(31)25-30/h10-12,15-16,18-19,22,24-25,27,33-35H,13-14,17,20-21,23,26,28H2,1-9H3,(H,46,51)(H,49,55)(H2,47,48,54)/t33-,34-,35+/m0/s1. The van der Waals surface area contributed by atoms with Crippen molar-refractivity contribution in [3.63, 3.8) is 0 Å². The number of alkyl carbamates (subject to hydrolysis) is 1. The topological polar surface area (TPSA) is 200 Å². The average molecular weight is 820 g/mol. The summed E-state index contributed by atoms with van der Waals surface area (Å²) in [5.41, 5.74) is -0.873. The normalized spacial score (nSPS) is 13.2. The van der Waals surface area contributed by atoms with E-state index in [-0.39, 0.29) is 38.8 Å². The van der Waals surface area contributed by atoms with E-state index in [9.17, 15) is 28.8 Å². The number of nitrogens with zero attached hydrogens (tertiary/aromatic N) is 1. The second-order valence-corrected chi connectivity index (χ2v) is 17.2. The lowest BCUT2D eigenvalue weighted by Crippen LogP contribution is -2.53. The number of esters is 3. The number of aromatic nitrogens is 1. The minimum Gasteiger partial charge on any atom is -0.460 e. The highest BCUT2D eigenvalue weighted by atomic mass is 16.6. The number of urea groups is 1. The Bertz CT molecular complexity index is 1880. The van der Waals surface area contributed by atoms with Crippen molar-refractivity contribution in [2.24, 2.45) is 0 Å². The van der Waals surface area contributed by atoms with Crippen LogP contribution in [0.3, 0.4) is 0 Å². The number of amides is 4. The summed E-state index contributed by atoms with van der Waals surface area (Å²) in [5.74, 6) is -2.43. The Morgan fingerprint density at radius 3 is 1.86 bits per heavy atom. The molecule has 15 heteroatoms. The van der Waals surface area contributed by atoms with Crippen LogP contribution in [-0.2, 0) is 51.2 Å². The molecule has 1 aromatic heterocycles. The van der Waals surface area contributed by atoms with Gasteiger partial charge in [0.15, 0.2) is 0 Å². The first-order chi connectivity index (χ1) is 27.6. The van der Waals surface area contributed by atoms with Gasteiger partial charge in [-0.2, -0.15) is 0 Å². The van der Waals surface area contributed by atoms with E-state index in [0.29, 0.717) is 12.8 Å². The maximum atomic E-state index is 13.5. The Morgan fingerprint density at radius 2 is 1.25 bits per heavy atom. The van der Waals surface area contributed by atoms with Gasteiger partial charge in [-0.15, -0.1) is 0 Å². The van der Waals surface area contributed by atoms with Crippen LogP contribution in [0.2, 0.25) is 0 Å². The van der Waals surface area contributed by atoms with Crippen LogP contribution < -0.4 is 21.3 Å². The molecule has 15 nitrogen and oxygen atoms in total. The fraction of sp³-hybridized carbons (Fsp3) is 0.523. The predicted molar refractivity (Wildman–Crippen MR) is 222 cm³/mol. The van der Waals surface area contributed by atoms with Gasteiger partial charge >= 0.3 is 30.0 Å². The van der Waals surface area contributed by atoms with Gasteiger partial charge in [-0.3, -0.25) is 14.6 Å². The summed E-state index contributed by atoms with van der Waals surface area (Å²) in [6.45, 7) is 15.5. The third-order valence-electron chi connectivity index (χ3n) is 8.24. The third kappa shape index (κ3) is 19.0. The molecule has 0 fully saturated rings. The molecule has 3 rings (SSSR count). The van der Waals surface area contributed by atoms with E-state index >= 15 is 0 Å². The molecule has 59 heavy (non-hydrogen) atoms. The zero-order chi connectivity index (χ0) is 43.8. The first-order valence-electron chi connectivity index (χ1n) is 19.9. The van der Waals surface area contributed by atoms with Gasteiger partial charge in [-0.1, -0.05) is 42.5 Å². The Kier molecular flexibility index (Phi) is 17.7. The molecule has 0 saturated heterocycles. The van der Waals surface area contributed by atoms with Gasteiger partial charge in [0.05, 0.1) is 0 Å². The van der Waals surface area contributed by atoms with Crippen molar-refractivity contribution in [2.75, 3.05) is 6.54 Å². The minimum atomic E-state index is -1.22. The molecule has 0 unspecified atom stereocenters. The zero-order valence-electron chi connectivity index (χ0n) is 35.8. The fourth-order valence-electron chi connectivity index (χ4n) is 5.68. The second-order valence-electron chi connectivity index (χ2n) is 17.2. The first-order valence-corrected chi connectivity index (χ1v) is 19.9. The molecule has 2 aromatic carbocycles. The van der Waals surface area contributed by atoms with Crippen LogP contribution in [0, 0.1) is 0 Å². The fourth-order valence-corrected chi connectivity index (χ4v) is 5.68. The van der Waals surface area contributed by atoms with Crippen molar-refractivity contribution in [3.05, 3.63) is 78.1 Å². The molecule has 3 atom stereocenters. The van der Waals surface area contributed by atoms with Crippen LogP contribution in [0.15, 0.2) is 67.0 Å². The van der Waals surface area contributed by atoms with Crippen LogP contribution in [0.25, 0.3) is 10.8 Å². The summed E-state index contributed by atoms with van der Waals surface area (Å²) in [6, 6.07) is 12.6. The molecular weight excluding hydrogens is 759 g/mol. The Morgan fingerprint density at radius 1 is 0.644 bits per heavy atom. The highest BCUT2D eigenvalue weighted by molar-refractivity contribution is 5.88. The van der Waals surface area contributed by atoms with Gasteiger partial charge in [0, 0.05) is 37.2 Å². The molecule has 4 amide bonds. The van der Waals surface area contributed by atoms with E-state index < -0.39 is 70.9 Å². The Balaban J connectivity index is 1.65. The maximum Gasteiger partial charge on any atom is 0.408 e. The largest absolute Gasteiger partial charge is 0.460 e. The summed E-state index contributed by atoms with van der Waals surface area (Å²) in [5, 5.41) is 12.6. The quantitative estimate of drug-likeness (QED) is 0.0647. The summed E-state index contributed by atoms with van der Waals surface area (Å²) in [6.07, 6.45) is 3.48. The zero-order valence-corrected chi connectivity index (χ0v) is 35.8. The first kappa shape index (κ1) is 47.6. The van der Waals surface area contributed by atoms with Gasteiger partial charge in [-0.25, -0.2) is 19.2 Å². The van der Waals surface area contributed by atoms with E-state index in [1.165, 1.54) is 0 Å². The van der Waals surface area contributed by atoms with E-state index in [1.807, 2.05) is 54.6 Å². The van der Waals surface area contributed by atoms with Crippen LogP contribution in [0.4, 0.5) is 9.59 Å². The van der Waals surface area contributed by atoms with E-state index in [1.54, 1.807) is 74.7 Å². The number of nitrogens with one attached hydrogen (secondary N) is 4. The average Bonchev–Trinajstić information content (AvgIpc) is 3.13. The van der Waals surface area contributed by atoms with Gasteiger partial charge in [0.25, 0.3) is 0 Å². The monoisotopic (exact) mass is 819 g/mol. The number of unbranched alkanes of at least 4 members (excludes halogenated alkanes) is 1. The molecule has 4 N–H and O–H groups in total. The Hall–Kier alpha value is -5.73. The molecule has 322 valence electrons. The van der Waals surface area contributed by atoms with Gasteiger partial charge in [0.2, 0.25) is 5.91 Å². The van der Waals surface area contributed by atoms with Crippen molar-refractivity contribution < 1.29 is 47.7 Å². The number of pyridine rings is 1. The van der Waals surface area contributed by atoms with Gasteiger partial charge in [0.1, 0.15) is 41.5 Å². The van der Waals surface area contributed by atoms with Crippen molar-refractivity contribution in [3.8, 4) is 0 Å². The van der Waals surface area contributed by atoms with Crippen LogP contribution in [0.1, 0.15) is 106 Å². The smallest absolute Gasteiger partial charge is 0.408 e. The highest BCUT2D eigenvalue weighted by Gasteiger charge is 2.31.